The molecule has 0 aliphatic carbocycles. The maximum Gasteiger partial charge on any atom is 0.0175 e. The van der Waals surface area contributed by atoms with E-state index in [2.05, 4.69) is 119 Å². The second kappa shape index (κ2) is 7.08. The van der Waals surface area contributed by atoms with Crippen LogP contribution in [-0.4, -0.2) is 0 Å². The van der Waals surface area contributed by atoms with E-state index in [1.807, 2.05) is 0 Å². The van der Waals surface area contributed by atoms with Crippen molar-refractivity contribution in [2.24, 2.45) is 0 Å². The number of rotatable bonds is 3. The Kier molecular flexibility index (Phi) is 4.49. The standard InChI is InChI=1S/C24H17Br/c25-22-16-12-19(13-17-22)9-8-18-10-14-21(15-11-18)24-7-3-5-20-4-1-2-6-23(20)24/h1-17H/b9-8+. The molecule has 0 nitrogen and oxygen atoms in total. The van der Waals surface area contributed by atoms with Crippen LogP contribution in [-0.2, 0) is 0 Å². The number of benzene rings is 4. The van der Waals surface area contributed by atoms with Gasteiger partial charge in [-0.3, -0.25) is 0 Å². The molecule has 0 aromatic heterocycles. The van der Waals surface area contributed by atoms with Gasteiger partial charge in [-0.05, 0) is 45.2 Å². The highest BCUT2D eigenvalue weighted by Gasteiger charge is 2.02. The number of hydrogen-bond donors (Lipinski definition) is 0. The SMILES string of the molecule is Brc1ccc(/C=C/c2ccc(-c3cccc4ccccc34)cc2)cc1. The summed E-state index contributed by atoms with van der Waals surface area (Å²) in [6.07, 6.45) is 4.29. The Labute approximate surface area is 156 Å². The molecule has 0 fully saturated rings. The molecular weight excluding hydrogens is 368 g/mol. The lowest BCUT2D eigenvalue weighted by Gasteiger charge is -2.07. The van der Waals surface area contributed by atoms with E-state index in [0.717, 1.165) is 4.47 Å². The van der Waals surface area contributed by atoms with Crippen molar-refractivity contribution in [3.63, 3.8) is 0 Å². The van der Waals surface area contributed by atoms with E-state index < -0.39 is 0 Å². The fraction of sp³-hybridized carbons (Fsp3) is 0. The quantitative estimate of drug-likeness (QED) is 0.322. The zero-order chi connectivity index (χ0) is 17.1. The van der Waals surface area contributed by atoms with E-state index in [0.29, 0.717) is 0 Å². The second-order valence-electron chi connectivity index (χ2n) is 6.03. The molecule has 4 rings (SSSR count). The van der Waals surface area contributed by atoms with Gasteiger partial charge in [-0.25, -0.2) is 0 Å². The first-order valence-corrected chi connectivity index (χ1v) is 9.11. The molecule has 0 amide bonds. The van der Waals surface area contributed by atoms with E-state index in [-0.39, 0.29) is 0 Å². The number of halogens is 1. The highest BCUT2D eigenvalue weighted by atomic mass is 79.9. The van der Waals surface area contributed by atoms with Crippen molar-refractivity contribution >= 4 is 38.9 Å². The van der Waals surface area contributed by atoms with Gasteiger partial charge in [0.25, 0.3) is 0 Å². The Morgan fingerprint density at radius 1 is 0.560 bits per heavy atom. The summed E-state index contributed by atoms with van der Waals surface area (Å²) in [7, 11) is 0. The molecule has 1 heteroatoms. The summed E-state index contributed by atoms with van der Waals surface area (Å²) in [5.74, 6) is 0. The molecule has 0 N–H and O–H groups in total. The largest absolute Gasteiger partial charge is 0.0616 e. The number of fused-ring (bicyclic) bond motifs is 1. The lowest BCUT2D eigenvalue weighted by atomic mass is 9.97. The molecule has 0 radical (unpaired) electrons. The summed E-state index contributed by atoms with van der Waals surface area (Å²) in [5, 5.41) is 2.57. The molecular formula is C24H17Br. The minimum absolute atomic E-state index is 1.10. The summed E-state index contributed by atoms with van der Waals surface area (Å²) in [4.78, 5) is 0. The Hall–Kier alpha value is -2.64. The molecule has 0 saturated carbocycles. The molecule has 0 saturated heterocycles. The van der Waals surface area contributed by atoms with Gasteiger partial charge in [0.1, 0.15) is 0 Å². The highest BCUT2D eigenvalue weighted by molar-refractivity contribution is 9.10. The minimum atomic E-state index is 1.10. The normalized spacial score (nSPS) is 11.2. The molecule has 0 unspecified atom stereocenters. The third-order valence-corrected chi connectivity index (χ3v) is 4.88. The lowest BCUT2D eigenvalue weighted by Crippen LogP contribution is -1.81. The van der Waals surface area contributed by atoms with E-state index in [4.69, 9.17) is 0 Å². The van der Waals surface area contributed by atoms with Gasteiger partial charge >= 0.3 is 0 Å². The zero-order valence-electron chi connectivity index (χ0n) is 13.7. The molecule has 120 valence electrons. The Balaban J connectivity index is 1.62. The molecule has 25 heavy (non-hydrogen) atoms. The molecule has 0 aliphatic rings. The third kappa shape index (κ3) is 3.57. The van der Waals surface area contributed by atoms with Gasteiger partial charge in [0, 0.05) is 4.47 Å². The van der Waals surface area contributed by atoms with E-state index in [1.165, 1.54) is 33.0 Å². The van der Waals surface area contributed by atoms with Crippen LogP contribution in [0.1, 0.15) is 11.1 Å². The molecule has 0 bridgehead atoms. The van der Waals surface area contributed by atoms with Gasteiger partial charge in [-0.1, -0.05) is 107 Å². The fourth-order valence-corrected chi connectivity index (χ4v) is 3.28. The van der Waals surface area contributed by atoms with Gasteiger partial charge in [0.15, 0.2) is 0 Å². The van der Waals surface area contributed by atoms with Crippen molar-refractivity contribution < 1.29 is 0 Å². The molecule has 0 heterocycles. The zero-order valence-corrected chi connectivity index (χ0v) is 15.3. The van der Waals surface area contributed by atoms with Crippen molar-refractivity contribution in [1.29, 1.82) is 0 Å². The van der Waals surface area contributed by atoms with Crippen LogP contribution in [0.15, 0.2) is 95.5 Å². The van der Waals surface area contributed by atoms with Gasteiger partial charge in [0.2, 0.25) is 0 Å². The first kappa shape index (κ1) is 15.9. The van der Waals surface area contributed by atoms with Crippen LogP contribution in [0.3, 0.4) is 0 Å². The Morgan fingerprint density at radius 3 is 1.88 bits per heavy atom. The van der Waals surface area contributed by atoms with Crippen LogP contribution >= 0.6 is 15.9 Å². The first-order valence-electron chi connectivity index (χ1n) is 8.31. The monoisotopic (exact) mass is 384 g/mol. The number of hydrogen-bond acceptors (Lipinski definition) is 0. The van der Waals surface area contributed by atoms with Crippen LogP contribution in [0.25, 0.3) is 34.1 Å². The topological polar surface area (TPSA) is 0 Å². The highest BCUT2D eigenvalue weighted by Crippen LogP contribution is 2.28. The van der Waals surface area contributed by atoms with Crippen LogP contribution in [0.4, 0.5) is 0 Å². The Morgan fingerprint density at radius 2 is 1.16 bits per heavy atom. The summed E-state index contributed by atoms with van der Waals surface area (Å²) >= 11 is 3.46. The molecule has 0 aliphatic heterocycles. The lowest BCUT2D eigenvalue weighted by molar-refractivity contribution is 1.61. The summed E-state index contributed by atoms with van der Waals surface area (Å²) in [6, 6.07) is 32.1. The molecule has 4 aromatic rings. The predicted octanol–water partition coefficient (Wildman–Crippen LogP) is 7.44. The maximum absolute atomic E-state index is 3.46. The predicted molar refractivity (Wildman–Crippen MR) is 112 cm³/mol. The van der Waals surface area contributed by atoms with E-state index in [1.54, 1.807) is 0 Å². The van der Waals surface area contributed by atoms with Crippen molar-refractivity contribution in [3.8, 4) is 11.1 Å². The van der Waals surface area contributed by atoms with E-state index in [9.17, 15) is 0 Å². The van der Waals surface area contributed by atoms with Crippen LogP contribution < -0.4 is 0 Å². The smallest absolute Gasteiger partial charge is 0.0175 e. The molecule has 0 atom stereocenters. The van der Waals surface area contributed by atoms with Gasteiger partial charge < -0.3 is 0 Å². The van der Waals surface area contributed by atoms with Crippen molar-refractivity contribution in [3.05, 3.63) is 107 Å². The maximum atomic E-state index is 3.46. The van der Waals surface area contributed by atoms with Crippen molar-refractivity contribution in [1.82, 2.24) is 0 Å². The summed E-state index contributed by atoms with van der Waals surface area (Å²) in [5.41, 5.74) is 4.92. The average molecular weight is 385 g/mol. The van der Waals surface area contributed by atoms with Crippen LogP contribution in [0.2, 0.25) is 0 Å². The third-order valence-electron chi connectivity index (χ3n) is 4.35. The first-order chi connectivity index (χ1) is 12.3. The minimum Gasteiger partial charge on any atom is -0.0616 e. The van der Waals surface area contributed by atoms with Gasteiger partial charge in [-0.15, -0.1) is 0 Å². The van der Waals surface area contributed by atoms with Crippen molar-refractivity contribution in [2.75, 3.05) is 0 Å². The molecule has 4 aromatic carbocycles. The summed E-state index contributed by atoms with van der Waals surface area (Å²) < 4.78 is 1.10. The van der Waals surface area contributed by atoms with Gasteiger partial charge in [-0.2, -0.15) is 0 Å². The van der Waals surface area contributed by atoms with Gasteiger partial charge in [0.05, 0.1) is 0 Å². The summed E-state index contributed by atoms with van der Waals surface area (Å²) in [6.45, 7) is 0. The second-order valence-corrected chi connectivity index (χ2v) is 6.95. The Bertz CT molecular complexity index is 1020. The fourth-order valence-electron chi connectivity index (χ4n) is 3.02. The molecule has 0 spiro atoms. The average Bonchev–Trinajstić information content (AvgIpc) is 2.68. The van der Waals surface area contributed by atoms with E-state index >= 15 is 0 Å². The van der Waals surface area contributed by atoms with Crippen LogP contribution in [0.5, 0.6) is 0 Å². The van der Waals surface area contributed by atoms with Crippen LogP contribution in [0, 0.1) is 0 Å². The van der Waals surface area contributed by atoms with Crippen molar-refractivity contribution in [2.45, 2.75) is 0 Å².